The van der Waals surface area contributed by atoms with E-state index in [0.29, 0.717) is 6.54 Å². The van der Waals surface area contributed by atoms with Gasteiger partial charge in [-0.3, -0.25) is 4.79 Å². The Morgan fingerprint density at radius 3 is 2.57 bits per heavy atom. The van der Waals surface area contributed by atoms with Crippen LogP contribution in [0.1, 0.15) is 24.8 Å². The lowest BCUT2D eigenvalue weighted by molar-refractivity contribution is -0.134. The Balaban J connectivity index is 1.56. The fourth-order valence-corrected chi connectivity index (χ4v) is 3.54. The van der Waals surface area contributed by atoms with Gasteiger partial charge in [0, 0.05) is 44.3 Å². The van der Waals surface area contributed by atoms with Crippen molar-refractivity contribution in [3.63, 3.8) is 0 Å². The van der Waals surface area contributed by atoms with Gasteiger partial charge in [0.2, 0.25) is 5.91 Å². The molecule has 126 valence electrons. The van der Waals surface area contributed by atoms with Crippen LogP contribution in [0.4, 0.5) is 5.69 Å². The highest BCUT2D eigenvalue weighted by Gasteiger charge is 2.29. The van der Waals surface area contributed by atoms with Gasteiger partial charge in [0.25, 0.3) is 0 Å². The van der Waals surface area contributed by atoms with Crippen molar-refractivity contribution in [2.24, 2.45) is 11.7 Å². The van der Waals surface area contributed by atoms with Gasteiger partial charge < -0.3 is 20.3 Å². The molecular formula is C18H27N3O2. The van der Waals surface area contributed by atoms with Crippen LogP contribution in [0.2, 0.25) is 0 Å². The number of hydrogen-bond acceptors (Lipinski definition) is 4. The van der Waals surface area contributed by atoms with Crippen molar-refractivity contribution >= 4 is 11.6 Å². The molecule has 1 amide bonds. The van der Waals surface area contributed by atoms with Gasteiger partial charge in [0.1, 0.15) is 0 Å². The van der Waals surface area contributed by atoms with E-state index in [9.17, 15) is 4.79 Å². The number of benzene rings is 1. The Morgan fingerprint density at radius 2 is 1.96 bits per heavy atom. The highest BCUT2D eigenvalue weighted by Crippen LogP contribution is 2.26. The van der Waals surface area contributed by atoms with Crippen LogP contribution < -0.4 is 10.6 Å². The zero-order valence-corrected chi connectivity index (χ0v) is 13.9. The Kier molecular flexibility index (Phi) is 5.18. The quantitative estimate of drug-likeness (QED) is 0.916. The molecule has 1 saturated carbocycles. The van der Waals surface area contributed by atoms with Gasteiger partial charge in [-0.2, -0.15) is 0 Å². The molecule has 0 aromatic heterocycles. The number of morpholine rings is 1. The normalized spacial score (nSPS) is 24.7. The lowest BCUT2D eigenvalue weighted by Crippen LogP contribution is -2.36. The Hall–Kier alpha value is -1.59. The van der Waals surface area contributed by atoms with Crippen LogP contribution in [0, 0.1) is 5.92 Å². The van der Waals surface area contributed by atoms with E-state index < -0.39 is 0 Å². The van der Waals surface area contributed by atoms with Crippen molar-refractivity contribution in [1.29, 1.82) is 0 Å². The molecule has 2 atom stereocenters. The summed E-state index contributed by atoms with van der Waals surface area (Å²) in [7, 11) is 1.89. The second-order valence-corrected chi connectivity index (χ2v) is 6.73. The lowest BCUT2D eigenvalue weighted by atomic mass is 10.1. The first-order chi connectivity index (χ1) is 11.1. The number of carbonyl (C=O) groups is 1. The summed E-state index contributed by atoms with van der Waals surface area (Å²) in [5.41, 5.74) is 8.32. The van der Waals surface area contributed by atoms with Gasteiger partial charge in [-0.25, -0.2) is 0 Å². The molecule has 23 heavy (non-hydrogen) atoms. The summed E-state index contributed by atoms with van der Waals surface area (Å²) < 4.78 is 5.39. The van der Waals surface area contributed by atoms with E-state index in [2.05, 4.69) is 29.2 Å². The summed E-state index contributed by atoms with van der Waals surface area (Å²) in [5, 5.41) is 0. The molecule has 0 unspecified atom stereocenters. The summed E-state index contributed by atoms with van der Waals surface area (Å²) in [4.78, 5) is 16.6. The maximum Gasteiger partial charge on any atom is 0.225 e. The van der Waals surface area contributed by atoms with Crippen LogP contribution in [0.25, 0.3) is 0 Å². The molecule has 1 aromatic carbocycles. The van der Waals surface area contributed by atoms with Crippen LogP contribution in [-0.2, 0) is 16.1 Å². The van der Waals surface area contributed by atoms with E-state index in [1.807, 2.05) is 11.9 Å². The van der Waals surface area contributed by atoms with Gasteiger partial charge in [0.15, 0.2) is 0 Å². The molecule has 0 bridgehead atoms. The molecule has 5 heteroatoms. The van der Waals surface area contributed by atoms with Crippen LogP contribution in [0.5, 0.6) is 0 Å². The molecule has 2 N–H and O–H groups in total. The van der Waals surface area contributed by atoms with Crippen molar-refractivity contribution in [3.8, 4) is 0 Å². The second kappa shape index (κ2) is 7.32. The molecule has 1 aliphatic heterocycles. The highest BCUT2D eigenvalue weighted by molar-refractivity contribution is 5.79. The molecule has 0 radical (unpaired) electrons. The third-order valence-electron chi connectivity index (χ3n) is 4.93. The van der Waals surface area contributed by atoms with Crippen molar-refractivity contribution in [2.75, 3.05) is 38.3 Å². The maximum atomic E-state index is 12.5. The van der Waals surface area contributed by atoms with E-state index in [1.54, 1.807) is 0 Å². The molecule has 1 aliphatic carbocycles. The first-order valence-corrected chi connectivity index (χ1v) is 8.55. The number of nitrogens with two attached hydrogens (primary N) is 1. The monoisotopic (exact) mass is 317 g/mol. The first-order valence-electron chi connectivity index (χ1n) is 8.55. The maximum absolute atomic E-state index is 12.5. The first kappa shape index (κ1) is 16.3. The fourth-order valence-electron chi connectivity index (χ4n) is 3.54. The van der Waals surface area contributed by atoms with Crippen molar-refractivity contribution in [3.05, 3.63) is 29.8 Å². The Bertz CT molecular complexity index is 526. The third-order valence-corrected chi connectivity index (χ3v) is 4.93. The summed E-state index contributed by atoms with van der Waals surface area (Å²) in [5.74, 6) is 0.345. The van der Waals surface area contributed by atoms with Gasteiger partial charge >= 0.3 is 0 Å². The number of carbonyl (C=O) groups excluding carboxylic acids is 1. The summed E-state index contributed by atoms with van der Waals surface area (Å²) in [6, 6.07) is 8.73. The number of ether oxygens (including phenoxy) is 1. The Labute approximate surface area is 138 Å². The molecule has 1 heterocycles. The van der Waals surface area contributed by atoms with Crippen LogP contribution in [0.3, 0.4) is 0 Å². The van der Waals surface area contributed by atoms with Crippen molar-refractivity contribution in [1.82, 2.24) is 4.90 Å². The lowest BCUT2D eigenvalue weighted by Gasteiger charge is -2.29. The molecule has 2 fully saturated rings. The largest absolute Gasteiger partial charge is 0.378 e. The predicted octanol–water partition coefficient (Wildman–Crippen LogP) is 1.61. The molecule has 2 aliphatic rings. The van der Waals surface area contributed by atoms with E-state index in [-0.39, 0.29) is 17.9 Å². The average Bonchev–Trinajstić information content (AvgIpc) is 3.02. The third kappa shape index (κ3) is 4.03. The number of anilines is 1. The van der Waals surface area contributed by atoms with Crippen LogP contribution >= 0.6 is 0 Å². The van der Waals surface area contributed by atoms with Crippen molar-refractivity contribution < 1.29 is 9.53 Å². The Morgan fingerprint density at radius 1 is 1.26 bits per heavy atom. The van der Waals surface area contributed by atoms with E-state index in [4.69, 9.17) is 10.5 Å². The molecule has 5 nitrogen and oxygen atoms in total. The number of rotatable bonds is 4. The van der Waals surface area contributed by atoms with Crippen molar-refractivity contribution in [2.45, 2.75) is 31.8 Å². The topological polar surface area (TPSA) is 58.8 Å². The van der Waals surface area contributed by atoms with E-state index in [1.165, 1.54) is 11.3 Å². The minimum Gasteiger partial charge on any atom is -0.378 e. The van der Waals surface area contributed by atoms with Crippen LogP contribution in [-0.4, -0.2) is 50.2 Å². The molecule has 1 aromatic rings. The van der Waals surface area contributed by atoms with E-state index in [0.717, 1.165) is 45.6 Å². The SMILES string of the molecule is CN(Cc1ccc(N2CCOCC2)cc1)C(=O)[C@@H]1CC[C@H](N)C1. The fraction of sp³-hybridized carbons (Fsp3) is 0.611. The van der Waals surface area contributed by atoms with Crippen LogP contribution in [0.15, 0.2) is 24.3 Å². The average molecular weight is 317 g/mol. The predicted molar refractivity (Wildman–Crippen MR) is 91.3 cm³/mol. The number of nitrogens with zero attached hydrogens (tertiary/aromatic N) is 2. The number of amides is 1. The van der Waals surface area contributed by atoms with Gasteiger partial charge in [-0.05, 0) is 37.0 Å². The molecule has 1 saturated heterocycles. The smallest absolute Gasteiger partial charge is 0.225 e. The summed E-state index contributed by atoms with van der Waals surface area (Å²) in [6.45, 7) is 4.14. The minimum atomic E-state index is 0.114. The zero-order valence-electron chi connectivity index (χ0n) is 13.9. The van der Waals surface area contributed by atoms with Gasteiger partial charge in [-0.15, -0.1) is 0 Å². The molecular weight excluding hydrogens is 290 g/mol. The summed E-state index contributed by atoms with van der Waals surface area (Å²) in [6.07, 6.45) is 2.73. The second-order valence-electron chi connectivity index (χ2n) is 6.73. The van der Waals surface area contributed by atoms with Gasteiger partial charge in [0.05, 0.1) is 13.2 Å². The van der Waals surface area contributed by atoms with E-state index >= 15 is 0 Å². The van der Waals surface area contributed by atoms with Gasteiger partial charge in [-0.1, -0.05) is 12.1 Å². The molecule has 0 spiro atoms. The molecule has 3 rings (SSSR count). The summed E-state index contributed by atoms with van der Waals surface area (Å²) >= 11 is 0. The minimum absolute atomic E-state index is 0.114. The zero-order chi connectivity index (χ0) is 16.2. The highest BCUT2D eigenvalue weighted by atomic mass is 16.5. The standard InChI is InChI=1S/C18H27N3O2/c1-20(18(22)15-4-5-16(19)12-15)13-14-2-6-17(7-3-14)21-8-10-23-11-9-21/h2-3,6-7,15-16H,4-5,8-13,19H2,1H3/t15-,16+/m1/s1. The number of hydrogen-bond donors (Lipinski definition) is 1.